The van der Waals surface area contributed by atoms with Crippen LogP contribution in [0.1, 0.15) is 46.7 Å². The molecule has 4 rings (SSSR count). The van der Waals surface area contributed by atoms with E-state index in [1.54, 1.807) is 17.0 Å². The van der Waals surface area contributed by atoms with Gasteiger partial charge < -0.3 is 15.0 Å². The van der Waals surface area contributed by atoms with E-state index in [0.29, 0.717) is 43.7 Å². The highest BCUT2D eigenvalue weighted by atomic mass is 32.2. The SMILES string of the molecule is COc1cc(CCN[C@H]2CC[C@@H](c3ccc(C(=O)N4CCN(S(C)(=O)=O)CC4)cc3)C2)ccc1F. The summed E-state index contributed by atoms with van der Waals surface area (Å²) in [5.41, 5.74) is 2.93. The molecule has 1 amide bonds. The number of hydrogen-bond acceptors (Lipinski definition) is 5. The van der Waals surface area contributed by atoms with Crippen molar-refractivity contribution in [2.45, 2.75) is 37.6 Å². The van der Waals surface area contributed by atoms with E-state index in [1.807, 2.05) is 12.1 Å². The van der Waals surface area contributed by atoms with Crippen LogP contribution in [0.15, 0.2) is 42.5 Å². The summed E-state index contributed by atoms with van der Waals surface area (Å²) in [5, 5.41) is 3.63. The van der Waals surface area contributed by atoms with Crippen LogP contribution < -0.4 is 10.1 Å². The van der Waals surface area contributed by atoms with Gasteiger partial charge in [0.25, 0.3) is 5.91 Å². The molecule has 1 aliphatic heterocycles. The molecule has 2 aromatic rings. The van der Waals surface area contributed by atoms with Crippen LogP contribution in [0.5, 0.6) is 5.75 Å². The zero-order valence-corrected chi connectivity index (χ0v) is 21.2. The number of piperazine rings is 1. The number of methoxy groups -OCH3 is 1. The highest BCUT2D eigenvalue weighted by Gasteiger charge is 2.28. The number of ether oxygens (including phenoxy) is 1. The minimum atomic E-state index is -3.21. The quantitative estimate of drug-likeness (QED) is 0.599. The molecule has 0 unspecified atom stereocenters. The normalized spacial score (nSPS) is 21.3. The second-order valence-corrected chi connectivity index (χ2v) is 11.4. The van der Waals surface area contributed by atoms with E-state index in [2.05, 4.69) is 17.4 Å². The fraction of sp³-hybridized carbons (Fsp3) is 0.500. The van der Waals surface area contributed by atoms with Crippen LogP contribution in [0, 0.1) is 5.82 Å². The second-order valence-electron chi connectivity index (χ2n) is 9.46. The maximum absolute atomic E-state index is 13.6. The number of nitrogens with zero attached hydrogens (tertiary/aromatic N) is 2. The summed E-state index contributed by atoms with van der Waals surface area (Å²) in [5.74, 6) is 0.348. The predicted octanol–water partition coefficient (Wildman–Crippen LogP) is 3.02. The van der Waals surface area contributed by atoms with Gasteiger partial charge in [-0.15, -0.1) is 0 Å². The summed E-state index contributed by atoms with van der Waals surface area (Å²) >= 11 is 0. The number of rotatable bonds is 8. The first kappa shape index (κ1) is 25.6. The van der Waals surface area contributed by atoms with E-state index < -0.39 is 10.0 Å². The van der Waals surface area contributed by atoms with Gasteiger partial charge in [0, 0.05) is 37.8 Å². The minimum absolute atomic E-state index is 0.0481. The average Bonchev–Trinajstić information content (AvgIpc) is 3.33. The van der Waals surface area contributed by atoms with Crippen molar-refractivity contribution in [3.05, 3.63) is 65.0 Å². The molecule has 7 nitrogen and oxygen atoms in total. The number of carbonyl (C=O) groups is 1. The van der Waals surface area contributed by atoms with E-state index in [-0.39, 0.29) is 17.5 Å². The maximum atomic E-state index is 13.6. The van der Waals surface area contributed by atoms with Crippen molar-refractivity contribution in [1.82, 2.24) is 14.5 Å². The Morgan fingerprint density at radius 3 is 2.46 bits per heavy atom. The van der Waals surface area contributed by atoms with Crippen molar-refractivity contribution in [3.8, 4) is 5.75 Å². The Bertz CT molecular complexity index is 1130. The fourth-order valence-electron chi connectivity index (χ4n) is 5.05. The number of halogens is 1. The van der Waals surface area contributed by atoms with Crippen molar-refractivity contribution in [1.29, 1.82) is 0 Å². The summed E-state index contributed by atoms with van der Waals surface area (Å²) in [7, 11) is -1.74. The lowest BCUT2D eigenvalue weighted by atomic mass is 9.96. The van der Waals surface area contributed by atoms with Crippen LogP contribution in [0.25, 0.3) is 0 Å². The molecule has 1 aliphatic carbocycles. The standard InChI is InChI=1S/C26H34FN3O4S/c1-34-25-17-19(3-10-24(25)27)11-12-28-23-9-8-22(18-23)20-4-6-21(7-5-20)26(31)29-13-15-30(16-14-29)35(2,32)33/h3-7,10,17,22-23,28H,8-9,11-16,18H2,1-2H3/t22-,23+/m1/s1. The number of sulfonamides is 1. The molecular formula is C26H34FN3O4S. The fourth-order valence-corrected chi connectivity index (χ4v) is 5.88. The maximum Gasteiger partial charge on any atom is 0.253 e. The highest BCUT2D eigenvalue weighted by molar-refractivity contribution is 7.88. The lowest BCUT2D eigenvalue weighted by Gasteiger charge is -2.33. The molecule has 2 atom stereocenters. The van der Waals surface area contributed by atoms with Gasteiger partial charge in [-0.1, -0.05) is 18.2 Å². The Balaban J connectivity index is 1.24. The first-order valence-corrected chi connectivity index (χ1v) is 14.0. The zero-order valence-electron chi connectivity index (χ0n) is 20.4. The number of amides is 1. The third-order valence-corrected chi connectivity index (χ3v) is 8.42. The first-order chi connectivity index (χ1) is 16.7. The summed E-state index contributed by atoms with van der Waals surface area (Å²) in [6.07, 6.45) is 5.27. The van der Waals surface area contributed by atoms with Crippen LogP contribution in [0.4, 0.5) is 4.39 Å². The molecule has 0 aromatic heterocycles. The van der Waals surface area contributed by atoms with E-state index in [1.165, 1.54) is 29.3 Å². The molecule has 190 valence electrons. The van der Waals surface area contributed by atoms with Crippen LogP contribution in [0.3, 0.4) is 0 Å². The van der Waals surface area contributed by atoms with Gasteiger partial charge in [0.15, 0.2) is 11.6 Å². The number of hydrogen-bond donors (Lipinski definition) is 1. The third-order valence-electron chi connectivity index (χ3n) is 7.12. The van der Waals surface area contributed by atoms with Gasteiger partial charge in [0.2, 0.25) is 10.0 Å². The molecule has 2 aliphatic rings. The van der Waals surface area contributed by atoms with E-state index in [4.69, 9.17) is 4.74 Å². The second kappa shape index (κ2) is 11.1. The van der Waals surface area contributed by atoms with Gasteiger partial charge in [-0.3, -0.25) is 4.79 Å². The molecule has 1 saturated carbocycles. The molecule has 1 saturated heterocycles. The number of benzene rings is 2. The Morgan fingerprint density at radius 1 is 1.09 bits per heavy atom. The third kappa shape index (κ3) is 6.39. The van der Waals surface area contributed by atoms with Gasteiger partial charge in [0.1, 0.15) is 0 Å². The zero-order chi connectivity index (χ0) is 25.0. The van der Waals surface area contributed by atoms with E-state index in [0.717, 1.165) is 37.8 Å². The Labute approximate surface area is 207 Å². The number of carbonyl (C=O) groups excluding carboxylic acids is 1. The van der Waals surface area contributed by atoms with Crippen molar-refractivity contribution in [3.63, 3.8) is 0 Å². The van der Waals surface area contributed by atoms with Crippen molar-refractivity contribution < 1.29 is 22.3 Å². The lowest BCUT2D eigenvalue weighted by molar-refractivity contribution is 0.0698. The molecule has 35 heavy (non-hydrogen) atoms. The molecule has 1 heterocycles. The molecule has 0 radical (unpaired) electrons. The molecule has 9 heteroatoms. The monoisotopic (exact) mass is 503 g/mol. The topological polar surface area (TPSA) is 79.0 Å². The molecule has 2 aromatic carbocycles. The molecule has 0 bridgehead atoms. The van der Waals surface area contributed by atoms with Crippen molar-refractivity contribution in [2.24, 2.45) is 0 Å². The van der Waals surface area contributed by atoms with E-state index >= 15 is 0 Å². The molecular weight excluding hydrogens is 469 g/mol. The van der Waals surface area contributed by atoms with Crippen LogP contribution in [-0.2, 0) is 16.4 Å². The smallest absolute Gasteiger partial charge is 0.253 e. The molecule has 0 spiro atoms. The van der Waals surface area contributed by atoms with Crippen LogP contribution >= 0.6 is 0 Å². The average molecular weight is 504 g/mol. The summed E-state index contributed by atoms with van der Waals surface area (Å²) in [6, 6.07) is 13.3. The van der Waals surface area contributed by atoms with Gasteiger partial charge in [0.05, 0.1) is 13.4 Å². The number of nitrogens with one attached hydrogen (secondary N) is 1. The summed E-state index contributed by atoms with van der Waals surface area (Å²) in [6.45, 7) is 2.33. The van der Waals surface area contributed by atoms with Crippen LogP contribution in [0.2, 0.25) is 0 Å². The largest absolute Gasteiger partial charge is 0.494 e. The molecule has 2 fully saturated rings. The Hall–Kier alpha value is -2.49. The van der Waals surface area contributed by atoms with Crippen LogP contribution in [-0.4, -0.2) is 75.7 Å². The van der Waals surface area contributed by atoms with Gasteiger partial charge in [-0.2, -0.15) is 4.31 Å². The van der Waals surface area contributed by atoms with Crippen molar-refractivity contribution in [2.75, 3.05) is 46.1 Å². The first-order valence-electron chi connectivity index (χ1n) is 12.1. The predicted molar refractivity (Wildman–Crippen MR) is 134 cm³/mol. The highest BCUT2D eigenvalue weighted by Crippen LogP contribution is 2.34. The van der Waals surface area contributed by atoms with E-state index in [9.17, 15) is 17.6 Å². The Morgan fingerprint density at radius 2 is 1.80 bits per heavy atom. The summed E-state index contributed by atoms with van der Waals surface area (Å²) < 4.78 is 43.4. The molecule has 1 N–H and O–H groups in total. The van der Waals surface area contributed by atoms with Gasteiger partial charge in [-0.05, 0) is 73.5 Å². The van der Waals surface area contributed by atoms with Gasteiger partial charge >= 0.3 is 0 Å². The van der Waals surface area contributed by atoms with Gasteiger partial charge in [-0.25, -0.2) is 12.8 Å². The van der Waals surface area contributed by atoms with Crippen molar-refractivity contribution >= 4 is 15.9 Å². The Kier molecular flexibility index (Phi) is 8.09. The lowest BCUT2D eigenvalue weighted by Crippen LogP contribution is -2.50. The minimum Gasteiger partial charge on any atom is -0.494 e. The summed E-state index contributed by atoms with van der Waals surface area (Å²) in [4.78, 5) is 14.6.